The molecule has 0 bridgehead atoms. The fourth-order valence-corrected chi connectivity index (χ4v) is 1.80. The average molecular weight is 156 g/mol. The van der Waals surface area contributed by atoms with Crippen LogP contribution in [0.15, 0.2) is 0 Å². The zero-order valence-electron chi connectivity index (χ0n) is 7.13. The average Bonchev–Trinajstić information content (AvgIpc) is 1.85. The Morgan fingerprint density at radius 1 is 1.36 bits per heavy atom. The number of rotatable bonds is 1. The van der Waals surface area contributed by atoms with Crippen molar-refractivity contribution in [3.05, 3.63) is 0 Å². The first-order valence-electron chi connectivity index (χ1n) is 4.15. The molecular formula is C8H16N2O. The van der Waals surface area contributed by atoms with Gasteiger partial charge in [-0.05, 0) is 26.7 Å². The first-order chi connectivity index (χ1) is 5.09. The third kappa shape index (κ3) is 2.19. The molecule has 0 aromatic heterocycles. The minimum absolute atomic E-state index is 0.0845. The van der Waals surface area contributed by atoms with Crippen molar-refractivity contribution in [1.82, 2.24) is 5.32 Å². The van der Waals surface area contributed by atoms with Crippen LogP contribution in [-0.2, 0) is 4.79 Å². The third-order valence-electron chi connectivity index (χ3n) is 2.25. The SMILES string of the molecule is C[C@@H]1CC(C(N)=O)C[C@H](C)N1. The Morgan fingerprint density at radius 2 is 1.82 bits per heavy atom. The maximum absolute atomic E-state index is 10.8. The summed E-state index contributed by atoms with van der Waals surface area (Å²) in [5, 5.41) is 3.36. The molecule has 0 aromatic carbocycles. The second kappa shape index (κ2) is 3.22. The third-order valence-corrected chi connectivity index (χ3v) is 2.25. The van der Waals surface area contributed by atoms with Gasteiger partial charge in [0.05, 0.1) is 0 Å². The maximum Gasteiger partial charge on any atom is 0.220 e. The van der Waals surface area contributed by atoms with E-state index in [-0.39, 0.29) is 11.8 Å². The summed E-state index contributed by atoms with van der Waals surface area (Å²) >= 11 is 0. The van der Waals surface area contributed by atoms with Gasteiger partial charge in [-0.15, -0.1) is 0 Å². The van der Waals surface area contributed by atoms with Crippen LogP contribution in [-0.4, -0.2) is 18.0 Å². The monoisotopic (exact) mass is 156 g/mol. The van der Waals surface area contributed by atoms with Crippen molar-refractivity contribution < 1.29 is 4.79 Å². The summed E-state index contributed by atoms with van der Waals surface area (Å²) < 4.78 is 0. The van der Waals surface area contributed by atoms with Crippen molar-refractivity contribution in [2.45, 2.75) is 38.8 Å². The number of carbonyl (C=O) groups is 1. The van der Waals surface area contributed by atoms with Crippen LogP contribution in [0.5, 0.6) is 0 Å². The standard InChI is InChI=1S/C8H16N2O/c1-5-3-7(8(9)11)4-6(2)10-5/h5-7,10H,3-4H2,1-2H3,(H2,9,11)/t5-,6+,7?. The number of carbonyl (C=O) groups excluding carboxylic acids is 1. The molecule has 3 heteroatoms. The molecule has 0 radical (unpaired) electrons. The van der Waals surface area contributed by atoms with E-state index in [0.29, 0.717) is 12.1 Å². The van der Waals surface area contributed by atoms with Crippen molar-refractivity contribution in [2.75, 3.05) is 0 Å². The second-order valence-electron chi connectivity index (χ2n) is 3.54. The van der Waals surface area contributed by atoms with E-state index in [4.69, 9.17) is 5.73 Å². The predicted molar refractivity (Wildman–Crippen MR) is 44.0 cm³/mol. The number of nitrogens with two attached hydrogens (primary N) is 1. The van der Waals surface area contributed by atoms with E-state index in [1.165, 1.54) is 0 Å². The number of nitrogens with one attached hydrogen (secondary N) is 1. The zero-order chi connectivity index (χ0) is 8.43. The lowest BCUT2D eigenvalue weighted by Gasteiger charge is -2.30. The highest BCUT2D eigenvalue weighted by atomic mass is 16.1. The van der Waals surface area contributed by atoms with Gasteiger partial charge in [0.25, 0.3) is 0 Å². The van der Waals surface area contributed by atoms with Gasteiger partial charge in [0.15, 0.2) is 0 Å². The fraction of sp³-hybridized carbons (Fsp3) is 0.875. The summed E-state index contributed by atoms with van der Waals surface area (Å²) in [5.41, 5.74) is 5.22. The zero-order valence-corrected chi connectivity index (χ0v) is 7.13. The molecule has 64 valence electrons. The summed E-state index contributed by atoms with van der Waals surface area (Å²) in [7, 11) is 0. The highest BCUT2D eigenvalue weighted by Crippen LogP contribution is 2.19. The summed E-state index contributed by atoms with van der Waals surface area (Å²) in [6, 6.07) is 0.854. The molecule has 0 spiro atoms. The van der Waals surface area contributed by atoms with E-state index >= 15 is 0 Å². The van der Waals surface area contributed by atoms with Gasteiger partial charge in [0, 0.05) is 18.0 Å². The smallest absolute Gasteiger partial charge is 0.220 e. The molecule has 1 amide bonds. The highest BCUT2D eigenvalue weighted by Gasteiger charge is 2.26. The number of amides is 1. The Labute approximate surface area is 67.3 Å². The second-order valence-corrected chi connectivity index (χ2v) is 3.54. The summed E-state index contributed by atoms with van der Waals surface area (Å²) in [6.45, 7) is 4.18. The number of piperidine rings is 1. The van der Waals surface area contributed by atoms with Crippen LogP contribution in [0.1, 0.15) is 26.7 Å². The van der Waals surface area contributed by atoms with Crippen molar-refractivity contribution >= 4 is 5.91 Å². The molecule has 1 aliphatic heterocycles. The van der Waals surface area contributed by atoms with Crippen LogP contribution in [0.3, 0.4) is 0 Å². The number of hydrogen-bond acceptors (Lipinski definition) is 2. The van der Waals surface area contributed by atoms with E-state index in [0.717, 1.165) is 12.8 Å². The molecular weight excluding hydrogens is 140 g/mol. The van der Waals surface area contributed by atoms with Crippen molar-refractivity contribution in [2.24, 2.45) is 11.7 Å². The van der Waals surface area contributed by atoms with Crippen LogP contribution in [0.4, 0.5) is 0 Å². The van der Waals surface area contributed by atoms with Gasteiger partial charge in [-0.2, -0.15) is 0 Å². The van der Waals surface area contributed by atoms with Gasteiger partial charge < -0.3 is 11.1 Å². The quantitative estimate of drug-likeness (QED) is 0.571. The van der Waals surface area contributed by atoms with Gasteiger partial charge in [0.2, 0.25) is 5.91 Å². The Bertz CT molecular complexity index is 148. The maximum atomic E-state index is 10.8. The predicted octanol–water partition coefficient (Wildman–Crippen LogP) is 0.248. The molecule has 1 rings (SSSR count). The Kier molecular flexibility index (Phi) is 2.49. The Balaban J connectivity index is 2.49. The van der Waals surface area contributed by atoms with Crippen molar-refractivity contribution in [3.8, 4) is 0 Å². The van der Waals surface area contributed by atoms with Gasteiger partial charge in [-0.3, -0.25) is 4.79 Å². The Hall–Kier alpha value is -0.570. The normalized spacial score (nSPS) is 38.5. The number of primary amides is 1. The van der Waals surface area contributed by atoms with Gasteiger partial charge in [0.1, 0.15) is 0 Å². The van der Waals surface area contributed by atoms with Crippen LogP contribution in [0.25, 0.3) is 0 Å². The van der Waals surface area contributed by atoms with E-state index in [9.17, 15) is 4.79 Å². The summed E-state index contributed by atoms with van der Waals surface area (Å²) in [4.78, 5) is 10.8. The highest BCUT2D eigenvalue weighted by molar-refractivity contribution is 5.76. The van der Waals surface area contributed by atoms with Gasteiger partial charge in [-0.25, -0.2) is 0 Å². The molecule has 1 fully saturated rings. The van der Waals surface area contributed by atoms with Gasteiger partial charge >= 0.3 is 0 Å². The van der Waals surface area contributed by atoms with Crippen LogP contribution in [0.2, 0.25) is 0 Å². The minimum Gasteiger partial charge on any atom is -0.369 e. The molecule has 0 aromatic rings. The van der Waals surface area contributed by atoms with Crippen LogP contribution in [0, 0.1) is 5.92 Å². The van der Waals surface area contributed by atoms with Crippen molar-refractivity contribution in [3.63, 3.8) is 0 Å². The minimum atomic E-state index is -0.148. The Morgan fingerprint density at radius 3 is 2.18 bits per heavy atom. The van der Waals surface area contributed by atoms with Crippen LogP contribution < -0.4 is 11.1 Å². The molecule has 3 N–H and O–H groups in total. The topological polar surface area (TPSA) is 55.1 Å². The van der Waals surface area contributed by atoms with Gasteiger partial charge in [-0.1, -0.05) is 0 Å². The molecule has 1 aliphatic rings. The largest absolute Gasteiger partial charge is 0.369 e. The lowest BCUT2D eigenvalue weighted by atomic mass is 9.89. The molecule has 0 saturated carbocycles. The molecule has 11 heavy (non-hydrogen) atoms. The molecule has 1 unspecified atom stereocenters. The molecule has 1 heterocycles. The van der Waals surface area contributed by atoms with Crippen molar-refractivity contribution in [1.29, 1.82) is 0 Å². The molecule has 3 atom stereocenters. The van der Waals surface area contributed by atoms with E-state index in [1.807, 2.05) is 0 Å². The first kappa shape index (κ1) is 8.53. The van der Waals surface area contributed by atoms with E-state index in [1.54, 1.807) is 0 Å². The molecule has 3 nitrogen and oxygen atoms in total. The first-order valence-corrected chi connectivity index (χ1v) is 4.15. The summed E-state index contributed by atoms with van der Waals surface area (Å²) in [6.07, 6.45) is 1.78. The molecule has 1 saturated heterocycles. The molecule has 0 aliphatic carbocycles. The van der Waals surface area contributed by atoms with E-state index < -0.39 is 0 Å². The lowest BCUT2D eigenvalue weighted by molar-refractivity contribution is -0.123. The summed E-state index contributed by atoms with van der Waals surface area (Å²) in [5.74, 6) is -0.0635. The number of hydrogen-bond donors (Lipinski definition) is 2. The van der Waals surface area contributed by atoms with Crippen LogP contribution >= 0.6 is 0 Å². The van der Waals surface area contributed by atoms with E-state index in [2.05, 4.69) is 19.2 Å². The fourth-order valence-electron chi connectivity index (χ4n) is 1.80. The lowest BCUT2D eigenvalue weighted by Crippen LogP contribution is -2.45.